The zero-order valence-electron chi connectivity index (χ0n) is 11.1. The fourth-order valence-corrected chi connectivity index (χ4v) is 1.84. The van der Waals surface area contributed by atoms with Gasteiger partial charge < -0.3 is 10.1 Å². The van der Waals surface area contributed by atoms with Crippen molar-refractivity contribution in [1.29, 1.82) is 0 Å². The second-order valence-corrected chi connectivity index (χ2v) is 5.86. The molecule has 0 spiro atoms. The second kappa shape index (κ2) is 6.27. The van der Waals surface area contributed by atoms with Crippen molar-refractivity contribution in [1.82, 2.24) is 5.32 Å². The molecule has 96 valence electrons. The summed E-state index contributed by atoms with van der Waals surface area (Å²) in [5.41, 5.74) is 1.56. The largest absolute Gasteiger partial charge is 0.495 e. The molecule has 1 aromatic carbocycles. The summed E-state index contributed by atoms with van der Waals surface area (Å²) in [5, 5.41) is 4.13. The molecule has 0 aromatic heterocycles. The topological polar surface area (TPSA) is 21.3 Å². The van der Waals surface area contributed by atoms with Gasteiger partial charge >= 0.3 is 0 Å². The summed E-state index contributed by atoms with van der Waals surface area (Å²) < 4.78 is 5.12. The highest BCUT2D eigenvalue weighted by atomic mass is 35.5. The lowest BCUT2D eigenvalue weighted by Gasteiger charge is -2.18. The van der Waals surface area contributed by atoms with Crippen molar-refractivity contribution in [3.63, 3.8) is 0 Å². The molecule has 0 saturated heterocycles. The van der Waals surface area contributed by atoms with Crippen LogP contribution in [-0.2, 0) is 6.42 Å². The quantitative estimate of drug-likeness (QED) is 0.813. The van der Waals surface area contributed by atoms with Gasteiger partial charge in [0.15, 0.2) is 0 Å². The van der Waals surface area contributed by atoms with Gasteiger partial charge in [0.1, 0.15) is 5.75 Å². The van der Waals surface area contributed by atoms with Crippen molar-refractivity contribution in [2.24, 2.45) is 5.41 Å². The summed E-state index contributed by atoms with van der Waals surface area (Å²) in [7, 11) is 1.63. The number of rotatable bonds is 5. The van der Waals surface area contributed by atoms with Crippen molar-refractivity contribution in [2.75, 3.05) is 20.2 Å². The Balaban J connectivity index is 2.40. The van der Waals surface area contributed by atoms with Crippen LogP contribution < -0.4 is 10.1 Å². The molecule has 0 aliphatic rings. The Hall–Kier alpha value is -0.730. The molecule has 1 N–H and O–H groups in total. The fourth-order valence-electron chi connectivity index (χ4n) is 1.56. The van der Waals surface area contributed by atoms with Gasteiger partial charge in [-0.15, -0.1) is 0 Å². The molecule has 1 rings (SSSR count). The Labute approximate surface area is 109 Å². The van der Waals surface area contributed by atoms with E-state index in [9.17, 15) is 0 Å². The second-order valence-electron chi connectivity index (χ2n) is 5.46. The molecule has 0 aliphatic carbocycles. The van der Waals surface area contributed by atoms with Crippen LogP contribution in [-0.4, -0.2) is 20.2 Å². The Bertz CT molecular complexity index is 358. The lowest BCUT2D eigenvalue weighted by Crippen LogP contribution is -2.28. The molecule has 17 heavy (non-hydrogen) atoms. The Morgan fingerprint density at radius 2 is 2.00 bits per heavy atom. The van der Waals surface area contributed by atoms with E-state index in [2.05, 4.69) is 32.2 Å². The average molecular weight is 256 g/mol. The van der Waals surface area contributed by atoms with Crippen molar-refractivity contribution in [3.8, 4) is 5.75 Å². The third-order valence-electron chi connectivity index (χ3n) is 2.46. The van der Waals surface area contributed by atoms with E-state index in [-0.39, 0.29) is 0 Å². The van der Waals surface area contributed by atoms with Crippen molar-refractivity contribution < 1.29 is 4.74 Å². The molecule has 0 radical (unpaired) electrons. The molecule has 3 heteroatoms. The zero-order chi connectivity index (χ0) is 12.9. The van der Waals surface area contributed by atoms with Crippen LogP contribution in [0, 0.1) is 5.41 Å². The van der Waals surface area contributed by atoms with Crippen LogP contribution in [0.3, 0.4) is 0 Å². The monoisotopic (exact) mass is 255 g/mol. The zero-order valence-corrected chi connectivity index (χ0v) is 11.9. The first-order valence-corrected chi connectivity index (χ1v) is 6.33. The van der Waals surface area contributed by atoms with E-state index in [0.717, 1.165) is 25.3 Å². The summed E-state index contributed by atoms with van der Waals surface area (Å²) >= 11 is 6.07. The first-order valence-electron chi connectivity index (χ1n) is 5.95. The van der Waals surface area contributed by atoms with Crippen molar-refractivity contribution in [3.05, 3.63) is 28.8 Å². The molecule has 0 atom stereocenters. The Kier molecular flexibility index (Phi) is 5.29. The molecule has 2 nitrogen and oxygen atoms in total. The number of hydrogen-bond acceptors (Lipinski definition) is 2. The highest BCUT2D eigenvalue weighted by molar-refractivity contribution is 6.32. The molecule has 0 saturated carbocycles. The average Bonchev–Trinajstić information content (AvgIpc) is 2.23. The molecule has 0 bridgehead atoms. The van der Waals surface area contributed by atoms with E-state index in [1.807, 2.05) is 12.1 Å². The van der Waals surface area contributed by atoms with Crippen LogP contribution in [0.5, 0.6) is 5.75 Å². The third kappa shape index (κ3) is 5.42. The van der Waals surface area contributed by atoms with E-state index in [1.54, 1.807) is 7.11 Å². The van der Waals surface area contributed by atoms with Gasteiger partial charge in [-0.1, -0.05) is 38.4 Å². The maximum Gasteiger partial charge on any atom is 0.137 e. The van der Waals surface area contributed by atoms with E-state index in [0.29, 0.717) is 10.4 Å². The van der Waals surface area contributed by atoms with Gasteiger partial charge in [-0.3, -0.25) is 0 Å². The summed E-state index contributed by atoms with van der Waals surface area (Å²) in [6.45, 7) is 8.68. The van der Waals surface area contributed by atoms with Gasteiger partial charge in [-0.25, -0.2) is 0 Å². The molecular weight excluding hydrogens is 234 g/mol. The molecule has 0 aliphatic heterocycles. The van der Waals surface area contributed by atoms with Crippen LogP contribution in [0.4, 0.5) is 0 Å². The van der Waals surface area contributed by atoms with E-state index in [4.69, 9.17) is 16.3 Å². The number of benzene rings is 1. The van der Waals surface area contributed by atoms with Crippen molar-refractivity contribution >= 4 is 11.6 Å². The minimum atomic E-state index is 0.331. The van der Waals surface area contributed by atoms with Gasteiger partial charge in [0.2, 0.25) is 0 Å². The lowest BCUT2D eigenvalue weighted by molar-refractivity contribution is 0.381. The Morgan fingerprint density at radius 3 is 2.53 bits per heavy atom. The minimum Gasteiger partial charge on any atom is -0.495 e. The molecule has 1 aromatic rings. The highest BCUT2D eigenvalue weighted by Crippen LogP contribution is 2.24. The van der Waals surface area contributed by atoms with Gasteiger partial charge in [0.25, 0.3) is 0 Å². The Morgan fingerprint density at radius 1 is 1.29 bits per heavy atom. The number of ether oxygens (including phenoxy) is 1. The van der Waals surface area contributed by atoms with Gasteiger partial charge in [-0.2, -0.15) is 0 Å². The number of methoxy groups -OCH3 is 1. The maximum absolute atomic E-state index is 6.07. The highest BCUT2D eigenvalue weighted by Gasteiger charge is 2.08. The third-order valence-corrected chi connectivity index (χ3v) is 2.76. The number of halogens is 1. The summed E-state index contributed by atoms with van der Waals surface area (Å²) in [6.07, 6.45) is 0.986. The standard InChI is InChI=1S/C14H22ClNO/c1-14(2,3)10-16-8-7-11-5-6-13(17-4)12(15)9-11/h5-6,9,16H,7-8,10H2,1-4H3. The van der Waals surface area contributed by atoms with E-state index in [1.165, 1.54) is 5.56 Å². The number of hydrogen-bond donors (Lipinski definition) is 1. The molecule has 0 fully saturated rings. The number of nitrogens with one attached hydrogen (secondary N) is 1. The van der Waals surface area contributed by atoms with Gasteiger partial charge in [-0.05, 0) is 36.1 Å². The molecule has 0 heterocycles. The van der Waals surface area contributed by atoms with Crippen LogP contribution >= 0.6 is 11.6 Å². The van der Waals surface area contributed by atoms with E-state index >= 15 is 0 Å². The first kappa shape index (κ1) is 14.3. The van der Waals surface area contributed by atoms with Crippen LogP contribution in [0.2, 0.25) is 5.02 Å². The fraction of sp³-hybridized carbons (Fsp3) is 0.571. The van der Waals surface area contributed by atoms with Crippen LogP contribution in [0.1, 0.15) is 26.3 Å². The summed E-state index contributed by atoms with van der Waals surface area (Å²) in [6, 6.07) is 5.95. The molecular formula is C14H22ClNO. The van der Waals surface area contributed by atoms with Gasteiger partial charge in [0, 0.05) is 6.54 Å². The lowest BCUT2D eigenvalue weighted by atomic mass is 9.97. The first-order chi connectivity index (χ1) is 7.92. The normalized spacial score (nSPS) is 11.6. The summed E-state index contributed by atoms with van der Waals surface area (Å²) in [4.78, 5) is 0. The molecule has 0 unspecified atom stereocenters. The predicted octanol–water partition coefficient (Wildman–Crippen LogP) is 3.53. The molecule has 0 amide bonds. The van der Waals surface area contributed by atoms with Crippen LogP contribution in [0.15, 0.2) is 18.2 Å². The van der Waals surface area contributed by atoms with Crippen LogP contribution in [0.25, 0.3) is 0 Å². The van der Waals surface area contributed by atoms with Gasteiger partial charge in [0.05, 0.1) is 12.1 Å². The van der Waals surface area contributed by atoms with E-state index < -0.39 is 0 Å². The summed E-state index contributed by atoms with van der Waals surface area (Å²) in [5.74, 6) is 0.734. The predicted molar refractivity (Wildman–Crippen MR) is 74.0 cm³/mol. The van der Waals surface area contributed by atoms with Crippen molar-refractivity contribution in [2.45, 2.75) is 27.2 Å². The smallest absolute Gasteiger partial charge is 0.137 e. The maximum atomic E-state index is 6.07. The SMILES string of the molecule is COc1ccc(CCNCC(C)(C)C)cc1Cl. The minimum absolute atomic E-state index is 0.331.